The standard InChI is InChI=1S/C23H17F2N7O2/c1-23-7-6-16(33)27-19-17(23)20(28-21(23)34)30-22(29-19)32-15-9-12(24)10-26-18(15)14(31-32)8-11-4-2-3-5-13(11)25/h2-5,9-10H,6-8H2,1H3,(H2,27,28,29,30,33,34)/t23-/m0/s1. The molecule has 0 unspecified atom stereocenters. The summed E-state index contributed by atoms with van der Waals surface area (Å²) in [7, 11) is 0. The fourth-order valence-corrected chi connectivity index (χ4v) is 4.53. The number of nitrogens with one attached hydrogen (secondary N) is 2. The molecule has 2 aliphatic rings. The number of carbonyl (C=O) groups excluding carboxylic acids is 2. The highest BCUT2D eigenvalue weighted by molar-refractivity contribution is 6.09. The number of pyridine rings is 1. The lowest BCUT2D eigenvalue weighted by Crippen LogP contribution is -2.30. The zero-order valence-corrected chi connectivity index (χ0v) is 17.9. The molecule has 170 valence electrons. The molecule has 0 saturated heterocycles. The Kier molecular flexibility index (Phi) is 4.25. The van der Waals surface area contributed by atoms with Crippen molar-refractivity contribution in [1.82, 2.24) is 24.7 Å². The lowest BCUT2D eigenvalue weighted by molar-refractivity contribution is -0.121. The van der Waals surface area contributed by atoms with Crippen LogP contribution in [0.1, 0.15) is 36.6 Å². The topological polar surface area (TPSA) is 115 Å². The van der Waals surface area contributed by atoms with Crippen molar-refractivity contribution in [3.05, 3.63) is 65.0 Å². The average molecular weight is 461 g/mol. The Hall–Kier alpha value is -4.28. The Balaban J connectivity index is 1.55. The van der Waals surface area contributed by atoms with Gasteiger partial charge in [0, 0.05) is 18.9 Å². The highest BCUT2D eigenvalue weighted by Crippen LogP contribution is 2.45. The molecule has 34 heavy (non-hydrogen) atoms. The smallest absolute Gasteiger partial charge is 0.255 e. The molecule has 11 heteroatoms. The number of carbonyl (C=O) groups is 2. The molecule has 0 fully saturated rings. The summed E-state index contributed by atoms with van der Waals surface area (Å²) in [5, 5.41) is 10.0. The van der Waals surface area contributed by atoms with Crippen LogP contribution in [0.4, 0.5) is 20.4 Å². The van der Waals surface area contributed by atoms with E-state index in [0.717, 1.165) is 6.20 Å². The van der Waals surface area contributed by atoms with Crippen LogP contribution in [0, 0.1) is 11.6 Å². The van der Waals surface area contributed by atoms with Crippen LogP contribution in [0.25, 0.3) is 17.0 Å². The molecule has 6 rings (SSSR count). The van der Waals surface area contributed by atoms with Crippen LogP contribution in [0.3, 0.4) is 0 Å². The van der Waals surface area contributed by atoms with Crippen LogP contribution in [-0.2, 0) is 21.4 Å². The molecule has 4 aromatic rings. The highest BCUT2D eigenvalue weighted by atomic mass is 19.1. The minimum absolute atomic E-state index is 0.0117. The number of rotatable bonds is 3. The number of anilines is 2. The van der Waals surface area contributed by atoms with E-state index in [-0.39, 0.29) is 47.8 Å². The molecular weight excluding hydrogens is 444 g/mol. The third-order valence-electron chi connectivity index (χ3n) is 6.35. The van der Waals surface area contributed by atoms with Crippen LogP contribution < -0.4 is 10.6 Å². The number of fused-ring (bicyclic) bond motifs is 1. The number of aromatic nitrogens is 5. The van der Waals surface area contributed by atoms with Crippen molar-refractivity contribution < 1.29 is 18.4 Å². The zero-order valence-electron chi connectivity index (χ0n) is 17.9. The molecule has 2 amide bonds. The summed E-state index contributed by atoms with van der Waals surface area (Å²) in [6, 6.07) is 7.52. The first-order valence-electron chi connectivity index (χ1n) is 10.6. The molecule has 0 radical (unpaired) electrons. The van der Waals surface area contributed by atoms with E-state index in [4.69, 9.17) is 0 Å². The van der Waals surface area contributed by atoms with Gasteiger partial charge in [-0.15, -0.1) is 0 Å². The van der Waals surface area contributed by atoms with Gasteiger partial charge in [0.15, 0.2) is 0 Å². The number of hydrogen-bond donors (Lipinski definition) is 2. The molecule has 2 N–H and O–H groups in total. The van der Waals surface area contributed by atoms with E-state index >= 15 is 0 Å². The molecule has 5 heterocycles. The summed E-state index contributed by atoms with van der Waals surface area (Å²) in [5.74, 6) is -1.06. The fraction of sp³-hybridized carbons (Fsp3) is 0.217. The van der Waals surface area contributed by atoms with Gasteiger partial charge in [0.1, 0.15) is 28.8 Å². The summed E-state index contributed by atoms with van der Waals surface area (Å²) in [4.78, 5) is 38.2. The molecule has 2 aliphatic heterocycles. The summed E-state index contributed by atoms with van der Waals surface area (Å²) in [5.41, 5.74) is 0.991. The maximum atomic E-state index is 14.3. The second kappa shape index (κ2) is 7.11. The molecule has 1 atom stereocenters. The highest BCUT2D eigenvalue weighted by Gasteiger charge is 2.48. The van der Waals surface area contributed by atoms with Crippen molar-refractivity contribution in [3.63, 3.8) is 0 Å². The van der Waals surface area contributed by atoms with Crippen molar-refractivity contribution in [3.8, 4) is 5.95 Å². The Morgan fingerprint density at radius 3 is 2.68 bits per heavy atom. The number of benzene rings is 1. The van der Waals surface area contributed by atoms with Gasteiger partial charge in [0.05, 0.1) is 28.4 Å². The van der Waals surface area contributed by atoms with Gasteiger partial charge in [0.25, 0.3) is 5.95 Å². The van der Waals surface area contributed by atoms with E-state index in [2.05, 4.69) is 30.7 Å². The van der Waals surface area contributed by atoms with Gasteiger partial charge in [-0.05, 0) is 25.0 Å². The normalized spacial score (nSPS) is 19.0. The summed E-state index contributed by atoms with van der Waals surface area (Å²) in [6.45, 7) is 1.75. The van der Waals surface area contributed by atoms with Crippen molar-refractivity contribution >= 4 is 34.5 Å². The Morgan fingerprint density at radius 2 is 1.88 bits per heavy atom. The maximum Gasteiger partial charge on any atom is 0.255 e. The molecule has 0 bridgehead atoms. The largest absolute Gasteiger partial charge is 0.310 e. The Bertz CT molecular complexity index is 1530. The van der Waals surface area contributed by atoms with Gasteiger partial charge in [0.2, 0.25) is 11.8 Å². The molecular formula is C23H17F2N7O2. The first kappa shape index (κ1) is 20.3. The minimum Gasteiger partial charge on any atom is -0.310 e. The number of amides is 2. The lowest BCUT2D eigenvalue weighted by Gasteiger charge is -2.19. The quantitative estimate of drug-likeness (QED) is 0.485. The Labute approximate surface area is 191 Å². The van der Waals surface area contributed by atoms with Gasteiger partial charge in [-0.3, -0.25) is 9.59 Å². The van der Waals surface area contributed by atoms with Gasteiger partial charge < -0.3 is 10.6 Å². The monoisotopic (exact) mass is 461 g/mol. The van der Waals surface area contributed by atoms with Gasteiger partial charge in [-0.1, -0.05) is 18.2 Å². The lowest BCUT2D eigenvalue weighted by atomic mass is 9.81. The third kappa shape index (κ3) is 2.96. The summed E-state index contributed by atoms with van der Waals surface area (Å²) >= 11 is 0. The molecule has 9 nitrogen and oxygen atoms in total. The first-order valence-corrected chi connectivity index (χ1v) is 10.6. The van der Waals surface area contributed by atoms with Crippen molar-refractivity contribution in [2.24, 2.45) is 0 Å². The maximum absolute atomic E-state index is 14.3. The van der Waals surface area contributed by atoms with E-state index in [1.54, 1.807) is 25.1 Å². The number of hydrogen-bond acceptors (Lipinski definition) is 6. The van der Waals surface area contributed by atoms with Crippen molar-refractivity contribution in [1.29, 1.82) is 0 Å². The predicted octanol–water partition coefficient (Wildman–Crippen LogP) is 3.02. The summed E-state index contributed by atoms with van der Waals surface area (Å²) < 4.78 is 29.7. The van der Waals surface area contributed by atoms with Crippen LogP contribution in [0.5, 0.6) is 0 Å². The minimum atomic E-state index is -0.946. The first-order chi connectivity index (χ1) is 16.3. The van der Waals surface area contributed by atoms with E-state index in [9.17, 15) is 18.4 Å². The van der Waals surface area contributed by atoms with Gasteiger partial charge in [-0.25, -0.2) is 13.8 Å². The number of halogens is 2. The van der Waals surface area contributed by atoms with Gasteiger partial charge >= 0.3 is 0 Å². The second-order valence-electron chi connectivity index (χ2n) is 8.58. The molecule has 0 spiro atoms. The van der Waals surface area contributed by atoms with Crippen LogP contribution in [0.2, 0.25) is 0 Å². The summed E-state index contributed by atoms with van der Waals surface area (Å²) in [6.07, 6.45) is 1.64. The number of nitrogens with zero attached hydrogens (tertiary/aromatic N) is 5. The van der Waals surface area contributed by atoms with Crippen LogP contribution in [0.15, 0.2) is 36.5 Å². The molecule has 0 saturated carbocycles. The van der Waals surface area contributed by atoms with Crippen LogP contribution >= 0.6 is 0 Å². The van der Waals surface area contributed by atoms with E-state index in [1.807, 2.05) is 0 Å². The van der Waals surface area contributed by atoms with E-state index < -0.39 is 17.0 Å². The predicted molar refractivity (Wildman–Crippen MR) is 117 cm³/mol. The average Bonchev–Trinajstić information content (AvgIpc) is 3.23. The van der Waals surface area contributed by atoms with Crippen LogP contribution in [-0.4, -0.2) is 36.5 Å². The molecule has 3 aromatic heterocycles. The molecule has 0 aliphatic carbocycles. The Morgan fingerprint density at radius 1 is 1.12 bits per heavy atom. The van der Waals surface area contributed by atoms with E-state index in [1.165, 1.54) is 16.8 Å². The SMILES string of the molecule is C[C@]12CCC(=O)Nc3nc(-n4nc(Cc5ccccc5F)c5ncc(F)cc54)nc(c31)NC2=O. The third-order valence-corrected chi connectivity index (χ3v) is 6.35. The van der Waals surface area contributed by atoms with E-state index in [0.29, 0.717) is 28.8 Å². The van der Waals surface area contributed by atoms with Crippen molar-refractivity contribution in [2.75, 3.05) is 10.6 Å². The van der Waals surface area contributed by atoms with Gasteiger partial charge in [-0.2, -0.15) is 19.7 Å². The molecule has 1 aromatic carbocycles. The fourth-order valence-electron chi connectivity index (χ4n) is 4.53. The second-order valence-corrected chi connectivity index (χ2v) is 8.58. The zero-order chi connectivity index (χ0) is 23.6. The van der Waals surface area contributed by atoms with Crippen molar-refractivity contribution in [2.45, 2.75) is 31.6 Å².